The van der Waals surface area contributed by atoms with Crippen LogP contribution >= 0.6 is 0 Å². The molecule has 3 N–H and O–H groups in total. The molecule has 0 atom stereocenters. The van der Waals surface area contributed by atoms with Gasteiger partial charge in [0, 0.05) is 24.3 Å². The number of hydrogen-bond donors (Lipinski definition) is 2. The first-order valence-electron chi connectivity index (χ1n) is 7.21. The zero-order valence-electron chi connectivity index (χ0n) is 15.2. The summed E-state index contributed by atoms with van der Waals surface area (Å²) in [6.07, 6.45) is 0.285. The summed E-state index contributed by atoms with van der Waals surface area (Å²) in [5.41, 5.74) is -0.544. The number of hydrogen-bond acceptors (Lipinski definition) is 8. The van der Waals surface area contributed by atoms with Gasteiger partial charge in [0.05, 0.1) is 19.8 Å². The molecule has 0 amide bonds. The van der Waals surface area contributed by atoms with E-state index in [1.54, 1.807) is 6.07 Å². The highest BCUT2D eigenvalue weighted by molar-refractivity contribution is 7.80. The lowest BCUT2D eigenvalue weighted by molar-refractivity contribution is 0.111. The zero-order valence-corrected chi connectivity index (χ0v) is 16.0. The van der Waals surface area contributed by atoms with Crippen molar-refractivity contribution in [1.82, 2.24) is 0 Å². The Morgan fingerprint density at radius 2 is 1.43 bits per heavy atom. The summed E-state index contributed by atoms with van der Waals surface area (Å²) in [4.78, 5) is 10.3. The second-order valence-corrected chi connectivity index (χ2v) is 5.77. The van der Waals surface area contributed by atoms with E-state index in [4.69, 9.17) is 9.81 Å². The van der Waals surface area contributed by atoms with Crippen molar-refractivity contribution in [3.63, 3.8) is 0 Å². The van der Waals surface area contributed by atoms with Crippen LogP contribution in [-0.2, 0) is 14.7 Å². The molecule has 0 aliphatic heterocycles. The molecule has 0 aromatic heterocycles. The van der Waals surface area contributed by atoms with E-state index in [1.807, 2.05) is 0 Å². The van der Waals surface area contributed by atoms with E-state index in [2.05, 4.69) is 19.7 Å². The average molecular weight is 454 g/mol. The number of aldehydes is 1. The van der Waals surface area contributed by atoms with Crippen molar-refractivity contribution in [1.29, 1.82) is 5.26 Å². The molecule has 0 heterocycles. The van der Waals surface area contributed by atoms with E-state index in [1.165, 1.54) is 14.2 Å². The minimum absolute atomic E-state index is 0.0880. The van der Waals surface area contributed by atoms with Crippen molar-refractivity contribution in [2.75, 3.05) is 14.2 Å². The molecule has 0 saturated carbocycles. The number of halogens is 4. The summed E-state index contributed by atoms with van der Waals surface area (Å²) in [6.45, 7) is 0. The Morgan fingerprint density at radius 3 is 1.80 bits per heavy atom. The Hall–Kier alpha value is -3.25. The highest BCUT2D eigenvalue weighted by Gasteiger charge is 2.11. The van der Waals surface area contributed by atoms with Crippen LogP contribution in [0.4, 0.5) is 17.6 Å². The zero-order chi connectivity index (χ0) is 23.5. The van der Waals surface area contributed by atoms with Gasteiger partial charge in [0.25, 0.3) is 0 Å². The quantitative estimate of drug-likeness (QED) is 0.307. The number of rotatable bonds is 4. The van der Waals surface area contributed by atoms with Gasteiger partial charge in [-0.1, -0.05) is 0 Å². The molecule has 9 nitrogen and oxygen atoms in total. The summed E-state index contributed by atoms with van der Waals surface area (Å²) in [6, 6.07) is 4.76. The molecule has 2 aromatic carbocycles. The predicted octanol–water partition coefficient (Wildman–Crippen LogP) is 2.31. The smallest absolute Gasteiger partial charge is 0.413 e. The predicted molar refractivity (Wildman–Crippen MR) is 92.7 cm³/mol. The summed E-state index contributed by atoms with van der Waals surface area (Å²) >= 11 is 0. The van der Waals surface area contributed by atoms with Gasteiger partial charge in [-0.05, 0) is 0 Å². The highest BCUT2D eigenvalue weighted by atomic mass is 32.3. The number of carbonyl (C=O) groups is 1. The minimum Gasteiger partial charge on any atom is -0.496 e. The lowest BCUT2D eigenvalue weighted by Gasteiger charge is -2.03. The SMILES string of the molecule is COc1cc(F)cc(F)c1C#N.COc1cc(F)cc(F)c1C=O.NOS(=O)(=O)O. The second-order valence-electron chi connectivity index (χ2n) is 4.72. The van der Waals surface area contributed by atoms with Gasteiger partial charge in [0.1, 0.15) is 46.4 Å². The van der Waals surface area contributed by atoms with Crippen LogP contribution in [0.1, 0.15) is 15.9 Å². The maximum absolute atomic E-state index is 12.8. The van der Waals surface area contributed by atoms with Gasteiger partial charge in [-0.3, -0.25) is 9.35 Å². The van der Waals surface area contributed by atoms with Crippen molar-refractivity contribution in [3.8, 4) is 17.6 Å². The molecule has 0 aliphatic carbocycles. The van der Waals surface area contributed by atoms with E-state index in [0.29, 0.717) is 12.1 Å². The summed E-state index contributed by atoms with van der Waals surface area (Å²) in [5.74, 6) is 0.432. The average Bonchev–Trinajstić information content (AvgIpc) is 2.67. The minimum atomic E-state index is -4.38. The Morgan fingerprint density at radius 1 is 1.00 bits per heavy atom. The van der Waals surface area contributed by atoms with Crippen LogP contribution in [0.15, 0.2) is 24.3 Å². The van der Waals surface area contributed by atoms with Gasteiger partial charge in [0.15, 0.2) is 6.29 Å². The molecular formula is C16H14F4N2O7S. The fourth-order valence-corrected chi connectivity index (χ4v) is 1.66. The maximum Gasteiger partial charge on any atom is 0.413 e. The van der Waals surface area contributed by atoms with Gasteiger partial charge < -0.3 is 9.47 Å². The first-order chi connectivity index (χ1) is 13.9. The largest absolute Gasteiger partial charge is 0.496 e. The van der Waals surface area contributed by atoms with E-state index >= 15 is 0 Å². The van der Waals surface area contributed by atoms with Crippen molar-refractivity contribution >= 4 is 16.7 Å². The second kappa shape index (κ2) is 12.3. The molecule has 0 saturated heterocycles. The summed E-state index contributed by atoms with van der Waals surface area (Å²) in [5, 5.41) is 8.43. The standard InChI is InChI=1S/C8H5F2NO.C8H6F2O2.H3NO4S/c2*1-12-8-3-5(9)2-7(10)6(8)4-11;1-5-6(2,3)4/h2-3H,1H3;2-4H,1H3;1H2,(H,2,3,4). The monoisotopic (exact) mass is 454 g/mol. The molecule has 0 spiro atoms. The van der Waals surface area contributed by atoms with Gasteiger partial charge in [-0.25, -0.2) is 17.6 Å². The first kappa shape index (κ1) is 26.8. The molecule has 0 fully saturated rings. The number of nitrogens with two attached hydrogens (primary N) is 1. The van der Waals surface area contributed by atoms with E-state index in [0.717, 1.165) is 12.1 Å². The van der Waals surface area contributed by atoms with Crippen LogP contribution in [0.3, 0.4) is 0 Å². The normalized spacial score (nSPS) is 9.83. The molecule has 30 heavy (non-hydrogen) atoms. The number of carbonyl (C=O) groups excluding carboxylic acids is 1. The van der Waals surface area contributed by atoms with Crippen LogP contribution in [0.2, 0.25) is 0 Å². The Kier molecular flexibility index (Phi) is 11.0. The molecule has 164 valence electrons. The molecule has 0 unspecified atom stereocenters. The van der Waals surface area contributed by atoms with Gasteiger partial charge in [-0.15, -0.1) is 0 Å². The number of methoxy groups -OCH3 is 2. The van der Waals surface area contributed by atoms with E-state index < -0.39 is 33.7 Å². The van der Waals surface area contributed by atoms with Crippen molar-refractivity contribution in [3.05, 3.63) is 58.7 Å². The van der Waals surface area contributed by atoms with Gasteiger partial charge >= 0.3 is 10.4 Å². The number of benzene rings is 2. The summed E-state index contributed by atoms with van der Waals surface area (Å²) < 4.78 is 88.5. The molecular weight excluding hydrogens is 440 g/mol. The van der Waals surface area contributed by atoms with Crippen molar-refractivity contribution in [2.45, 2.75) is 0 Å². The van der Waals surface area contributed by atoms with Crippen LogP contribution in [0, 0.1) is 34.6 Å². The first-order valence-corrected chi connectivity index (χ1v) is 8.57. The fourth-order valence-electron chi connectivity index (χ4n) is 1.66. The fraction of sp³-hybridized carbons (Fsp3) is 0.125. The molecule has 0 radical (unpaired) electrons. The lowest BCUT2D eigenvalue weighted by Crippen LogP contribution is -2.08. The van der Waals surface area contributed by atoms with Crippen LogP contribution in [0.25, 0.3) is 0 Å². The topological polar surface area (TPSA) is 149 Å². The maximum atomic E-state index is 12.8. The Bertz CT molecular complexity index is 1030. The van der Waals surface area contributed by atoms with Crippen LogP contribution in [0.5, 0.6) is 11.5 Å². The van der Waals surface area contributed by atoms with Crippen LogP contribution < -0.4 is 15.4 Å². The Balaban J connectivity index is 0.000000447. The van der Waals surface area contributed by atoms with Gasteiger partial charge in [-0.2, -0.15) is 23.9 Å². The highest BCUT2D eigenvalue weighted by Crippen LogP contribution is 2.22. The molecule has 2 rings (SSSR count). The van der Waals surface area contributed by atoms with E-state index in [-0.39, 0.29) is 28.9 Å². The van der Waals surface area contributed by atoms with E-state index in [9.17, 15) is 30.8 Å². The van der Waals surface area contributed by atoms with Crippen LogP contribution in [-0.4, -0.2) is 33.5 Å². The van der Waals surface area contributed by atoms with Crippen molar-refractivity contribution in [2.24, 2.45) is 5.90 Å². The third kappa shape index (κ3) is 8.84. The number of nitrogens with zero attached hydrogens (tertiary/aromatic N) is 1. The Labute approximate surface area is 168 Å². The van der Waals surface area contributed by atoms with Crippen molar-refractivity contribution < 1.29 is 49.1 Å². The molecule has 14 heteroatoms. The third-order valence-electron chi connectivity index (χ3n) is 2.87. The summed E-state index contributed by atoms with van der Waals surface area (Å²) in [7, 11) is -1.90. The lowest BCUT2D eigenvalue weighted by atomic mass is 10.2. The number of nitriles is 1. The molecule has 0 bridgehead atoms. The third-order valence-corrected chi connectivity index (χ3v) is 3.11. The number of ether oxygens (including phenoxy) is 2. The van der Waals surface area contributed by atoms with Gasteiger partial charge in [0.2, 0.25) is 0 Å². The molecule has 0 aliphatic rings. The molecule has 2 aromatic rings.